The van der Waals surface area contributed by atoms with Gasteiger partial charge >= 0.3 is 23.7 Å². The van der Waals surface area contributed by atoms with Crippen LogP contribution in [0.4, 0.5) is 9.18 Å². The highest BCUT2D eigenvalue weighted by molar-refractivity contribution is 5.95. The van der Waals surface area contributed by atoms with Crippen LogP contribution in [0, 0.1) is 5.82 Å². The number of nitrogens with zero attached hydrogens (tertiary/aromatic N) is 2. The third-order valence-corrected chi connectivity index (χ3v) is 5.14. The lowest BCUT2D eigenvalue weighted by atomic mass is 9.95. The monoisotopic (exact) mass is 496 g/mol. The maximum Gasteiger partial charge on any atom is 0.437 e. The number of rotatable bonds is 8. The van der Waals surface area contributed by atoms with Crippen molar-refractivity contribution < 1.29 is 32.7 Å². The second-order valence-electron chi connectivity index (χ2n) is 7.55. The van der Waals surface area contributed by atoms with Crippen molar-refractivity contribution in [1.29, 1.82) is 0 Å². The Kier molecular flexibility index (Phi) is 7.23. The summed E-state index contributed by atoms with van der Waals surface area (Å²) in [5.41, 5.74) is 1.09. The number of carbonyl (C=O) groups excluding carboxylic acids is 3. The molecule has 4 rings (SSSR count). The second kappa shape index (κ2) is 10.7. The average molecular weight is 496 g/mol. The van der Waals surface area contributed by atoms with Crippen molar-refractivity contribution in [1.82, 2.24) is 20.4 Å². The van der Waals surface area contributed by atoms with Crippen molar-refractivity contribution in [2.45, 2.75) is 19.5 Å². The van der Waals surface area contributed by atoms with Gasteiger partial charge in [0.05, 0.1) is 23.9 Å². The van der Waals surface area contributed by atoms with Crippen LogP contribution in [0.15, 0.2) is 75.1 Å². The number of halogens is 1. The fraction of sp³-hybridized carbons (Fsp3) is 0.208. The Morgan fingerprint density at radius 1 is 1.08 bits per heavy atom. The highest BCUT2D eigenvalue weighted by atomic mass is 19.1. The van der Waals surface area contributed by atoms with Crippen molar-refractivity contribution in [3.63, 3.8) is 0 Å². The number of aromatic nitrogens is 2. The fourth-order valence-corrected chi connectivity index (χ4v) is 3.51. The molecule has 12 heteroatoms. The molecule has 1 aliphatic heterocycles. The molecule has 0 radical (unpaired) electrons. The molecule has 0 spiro atoms. The Morgan fingerprint density at radius 3 is 2.50 bits per heavy atom. The van der Waals surface area contributed by atoms with Gasteiger partial charge in [0.2, 0.25) is 5.89 Å². The highest BCUT2D eigenvalue weighted by Crippen LogP contribution is 2.27. The number of ether oxygens (including phenoxy) is 2. The number of hydrogen-bond donors (Lipinski definition) is 2. The zero-order valence-corrected chi connectivity index (χ0v) is 19.0. The number of carbonyl (C=O) groups is 3. The van der Waals surface area contributed by atoms with Crippen LogP contribution in [0.1, 0.15) is 18.5 Å². The summed E-state index contributed by atoms with van der Waals surface area (Å²) in [6.07, 6.45) is 0. The molecule has 186 valence electrons. The maximum absolute atomic E-state index is 13.1. The number of hydrogen-bond acceptors (Lipinski definition) is 8. The number of esters is 2. The fourth-order valence-electron chi connectivity index (χ4n) is 3.51. The Morgan fingerprint density at radius 2 is 1.81 bits per heavy atom. The van der Waals surface area contributed by atoms with Gasteiger partial charge in [0, 0.05) is 5.56 Å². The van der Waals surface area contributed by atoms with E-state index in [0.717, 1.165) is 4.68 Å². The molecule has 36 heavy (non-hydrogen) atoms. The minimum atomic E-state index is -0.919. The van der Waals surface area contributed by atoms with Gasteiger partial charge in [-0.25, -0.2) is 18.8 Å². The third-order valence-electron chi connectivity index (χ3n) is 5.14. The zero-order valence-electron chi connectivity index (χ0n) is 19.0. The van der Waals surface area contributed by atoms with Gasteiger partial charge in [0.15, 0.2) is 0 Å². The summed E-state index contributed by atoms with van der Waals surface area (Å²) in [6, 6.07) is 12.4. The van der Waals surface area contributed by atoms with Crippen LogP contribution in [0.2, 0.25) is 0 Å². The molecule has 2 aromatic carbocycles. The van der Waals surface area contributed by atoms with E-state index in [1.54, 1.807) is 37.3 Å². The molecule has 2 heterocycles. The summed E-state index contributed by atoms with van der Waals surface area (Å²) in [6.45, 7) is 0.664. The van der Waals surface area contributed by atoms with Crippen molar-refractivity contribution in [2.75, 3.05) is 13.2 Å². The van der Waals surface area contributed by atoms with Gasteiger partial charge in [0.25, 0.3) is 0 Å². The molecule has 2 N–H and O–H groups in total. The molecule has 0 fully saturated rings. The Balaban J connectivity index is 1.52. The summed E-state index contributed by atoms with van der Waals surface area (Å²) in [7, 11) is 0. The van der Waals surface area contributed by atoms with Crippen LogP contribution < -0.4 is 16.4 Å². The first-order valence-corrected chi connectivity index (χ1v) is 10.9. The van der Waals surface area contributed by atoms with Crippen LogP contribution >= 0.6 is 0 Å². The lowest BCUT2D eigenvalue weighted by molar-refractivity contribution is -0.144. The molecule has 2 amide bonds. The first-order valence-electron chi connectivity index (χ1n) is 10.9. The van der Waals surface area contributed by atoms with Gasteiger partial charge in [-0.3, -0.25) is 4.79 Å². The number of benzene rings is 2. The van der Waals surface area contributed by atoms with Gasteiger partial charge in [-0.05, 0) is 36.8 Å². The molecule has 0 saturated heterocycles. The van der Waals surface area contributed by atoms with E-state index in [1.165, 1.54) is 24.3 Å². The van der Waals surface area contributed by atoms with E-state index in [4.69, 9.17) is 13.9 Å². The molecular formula is C24H21FN4O7. The summed E-state index contributed by atoms with van der Waals surface area (Å²) >= 11 is 0. The topological polar surface area (TPSA) is 142 Å². The Bertz CT molecular complexity index is 1360. The van der Waals surface area contributed by atoms with Crippen LogP contribution in [0.3, 0.4) is 0 Å². The van der Waals surface area contributed by atoms with E-state index in [2.05, 4.69) is 15.7 Å². The number of amides is 2. The molecule has 0 aliphatic carbocycles. The van der Waals surface area contributed by atoms with E-state index in [0.29, 0.717) is 11.1 Å². The first-order chi connectivity index (χ1) is 17.4. The van der Waals surface area contributed by atoms with Gasteiger partial charge in [-0.2, -0.15) is 4.68 Å². The zero-order chi connectivity index (χ0) is 25.7. The summed E-state index contributed by atoms with van der Waals surface area (Å²) in [5.74, 6) is -3.06. The van der Waals surface area contributed by atoms with Crippen LogP contribution in [-0.4, -0.2) is 41.0 Å². The van der Waals surface area contributed by atoms with Crippen molar-refractivity contribution in [3.8, 4) is 11.5 Å². The minimum absolute atomic E-state index is 0.0407. The molecule has 0 saturated carbocycles. The standard InChI is InChI=1S/C24H21FN4O7/c1-2-34-22(31)19-17(26-23(32)27-20(19)14-6-4-3-5-7-14)13-35-18(30)12-29-24(33)36-21(28-29)15-8-10-16(25)11-9-15/h3-11,20H,2,12-13H2,1H3,(H2,26,27,32). The van der Waals surface area contributed by atoms with Crippen molar-refractivity contribution in [3.05, 3.63) is 87.8 Å². The van der Waals surface area contributed by atoms with Crippen molar-refractivity contribution >= 4 is 18.0 Å². The van der Waals surface area contributed by atoms with Crippen LogP contribution in [0.25, 0.3) is 11.5 Å². The third kappa shape index (κ3) is 5.49. The summed E-state index contributed by atoms with van der Waals surface area (Å²) < 4.78 is 29.3. The lowest BCUT2D eigenvalue weighted by Crippen LogP contribution is -2.47. The second-order valence-corrected chi connectivity index (χ2v) is 7.55. The van der Waals surface area contributed by atoms with Crippen LogP contribution in [0.5, 0.6) is 0 Å². The average Bonchev–Trinajstić information content (AvgIpc) is 3.23. The largest absolute Gasteiger partial charge is 0.463 e. The molecule has 1 aliphatic rings. The minimum Gasteiger partial charge on any atom is -0.463 e. The Hall–Kier alpha value is -4.74. The van der Waals surface area contributed by atoms with Gasteiger partial charge in [0.1, 0.15) is 19.0 Å². The van der Waals surface area contributed by atoms with E-state index >= 15 is 0 Å². The predicted octanol–water partition coefficient (Wildman–Crippen LogP) is 2.06. The van der Waals surface area contributed by atoms with E-state index < -0.39 is 48.7 Å². The molecule has 1 aromatic heterocycles. The predicted molar refractivity (Wildman–Crippen MR) is 122 cm³/mol. The van der Waals surface area contributed by atoms with Gasteiger partial charge in [-0.1, -0.05) is 30.3 Å². The highest BCUT2D eigenvalue weighted by Gasteiger charge is 2.34. The molecule has 1 atom stereocenters. The molecular weight excluding hydrogens is 475 g/mol. The maximum atomic E-state index is 13.1. The van der Waals surface area contributed by atoms with E-state index in [9.17, 15) is 23.6 Å². The lowest BCUT2D eigenvalue weighted by Gasteiger charge is -2.29. The summed E-state index contributed by atoms with van der Waals surface area (Å²) in [4.78, 5) is 49.6. The molecule has 0 bridgehead atoms. The Labute approximate surface area is 203 Å². The van der Waals surface area contributed by atoms with Crippen molar-refractivity contribution in [2.24, 2.45) is 0 Å². The van der Waals surface area contributed by atoms with Gasteiger partial charge in [-0.15, -0.1) is 5.10 Å². The van der Waals surface area contributed by atoms with Gasteiger partial charge < -0.3 is 24.5 Å². The normalized spacial score (nSPS) is 15.2. The molecule has 11 nitrogen and oxygen atoms in total. The quantitative estimate of drug-likeness (QED) is 0.452. The first kappa shape index (κ1) is 24.4. The van der Waals surface area contributed by atoms with E-state index in [1.807, 2.05) is 0 Å². The number of urea groups is 1. The SMILES string of the molecule is CCOC(=O)C1=C(COC(=O)Cn2nc(-c3ccc(F)cc3)oc2=O)NC(=O)NC1c1ccccc1. The van der Waals surface area contributed by atoms with Crippen LogP contribution in [-0.2, 0) is 25.6 Å². The molecule has 3 aromatic rings. The summed E-state index contributed by atoms with van der Waals surface area (Å²) in [5, 5.41) is 9.08. The van der Waals surface area contributed by atoms with E-state index in [-0.39, 0.29) is 23.8 Å². The number of nitrogens with one attached hydrogen (secondary N) is 2. The molecule has 1 unspecified atom stereocenters. The smallest absolute Gasteiger partial charge is 0.437 e.